The molecule has 0 radical (unpaired) electrons. The van der Waals surface area contributed by atoms with Gasteiger partial charge in [-0.05, 0) is 81.0 Å². The van der Waals surface area contributed by atoms with E-state index in [-0.39, 0.29) is 29.8 Å². The summed E-state index contributed by atoms with van der Waals surface area (Å²) in [6.45, 7) is 8.55. The van der Waals surface area contributed by atoms with Gasteiger partial charge in [0, 0.05) is 50.5 Å². The number of aromatic nitrogens is 2. The number of carbonyl (C=O) groups is 3. The number of rotatable bonds is 7. The summed E-state index contributed by atoms with van der Waals surface area (Å²) in [6, 6.07) is 6.71. The number of hydrogen-bond acceptors (Lipinski definition) is 6. The minimum atomic E-state index is -0.407. The van der Waals surface area contributed by atoms with Gasteiger partial charge >= 0.3 is 5.97 Å². The Balaban J connectivity index is 1.23. The van der Waals surface area contributed by atoms with E-state index in [1.165, 1.54) is 0 Å². The van der Waals surface area contributed by atoms with Crippen LogP contribution in [0.2, 0.25) is 0 Å². The van der Waals surface area contributed by atoms with Gasteiger partial charge in [0.2, 0.25) is 0 Å². The molecule has 1 aromatic heterocycles. The third-order valence-corrected chi connectivity index (χ3v) is 8.18. The fourth-order valence-electron chi connectivity index (χ4n) is 5.87. The van der Waals surface area contributed by atoms with Crippen LogP contribution in [-0.4, -0.2) is 71.9 Å². The first-order valence-corrected chi connectivity index (χ1v) is 13.9. The van der Waals surface area contributed by atoms with E-state index in [1.54, 1.807) is 24.3 Å². The van der Waals surface area contributed by atoms with Gasteiger partial charge in [-0.15, -0.1) is 0 Å². The second-order valence-electron chi connectivity index (χ2n) is 11.0. The van der Waals surface area contributed by atoms with Crippen LogP contribution >= 0.6 is 0 Å². The Labute approximate surface area is 223 Å². The first kappa shape index (κ1) is 26.4. The predicted octanol–water partition coefficient (Wildman–Crippen LogP) is 3.26. The van der Waals surface area contributed by atoms with Crippen LogP contribution in [0.5, 0.6) is 0 Å². The maximum Gasteiger partial charge on any atom is 0.338 e. The molecule has 3 aliphatic rings. The van der Waals surface area contributed by atoms with Crippen LogP contribution in [0.25, 0.3) is 0 Å². The molecule has 2 fully saturated rings. The lowest BCUT2D eigenvalue weighted by atomic mass is 9.75. The van der Waals surface area contributed by atoms with Crippen LogP contribution in [-0.2, 0) is 28.9 Å². The third kappa shape index (κ3) is 5.48. The number of carbonyl (C=O) groups excluding carboxylic acids is 3. The molecule has 0 aliphatic carbocycles. The average Bonchev–Trinajstić information content (AvgIpc) is 3.56. The molecular formula is C29H38N4O5. The van der Waals surface area contributed by atoms with Crippen molar-refractivity contribution in [3.63, 3.8) is 0 Å². The fraction of sp³-hybridized carbons (Fsp3) is 0.586. The SMILES string of the molecule is CCn1nc(C[C@@H](C)COC(=O)c2ccc(C(=O)N3CCCC3)cc2)c2c1C(=O)NCC1(CCOCC1)C2. The average molecular weight is 523 g/mol. The summed E-state index contributed by atoms with van der Waals surface area (Å²) in [5, 5.41) is 7.95. The van der Waals surface area contributed by atoms with Gasteiger partial charge in [-0.3, -0.25) is 14.3 Å². The molecule has 9 heteroatoms. The molecule has 4 heterocycles. The maximum atomic E-state index is 13.0. The molecule has 1 spiro atoms. The number of ether oxygens (including phenoxy) is 2. The van der Waals surface area contributed by atoms with Crippen molar-refractivity contribution in [1.82, 2.24) is 20.0 Å². The standard InChI is InChI=1S/C29H38N4O5/c1-3-33-25-23(17-29(19-30-26(25)34)10-14-37-15-11-29)24(31-33)16-20(2)18-38-28(36)22-8-6-21(7-9-22)27(35)32-12-4-5-13-32/h6-9,20H,3-5,10-19H2,1-2H3,(H,30,34)/t20-/m1/s1. The van der Waals surface area contributed by atoms with E-state index < -0.39 is 5.97 Å². The summed E-state index contributed by atoms with van der Waals surface area (Å²) >= 11 is 0. The summed E-state index contributed by atoms with van der Waals surface area (Å²) in [7, 11) is 0. The van der Waals surface area contributed by atoms with E-state index in [0.29, 0.717) is 49.5 Å². The summed E-state index contributed by atoms with van der Waals surface area (Å²) < 4.78 is 13.0. The molecule has 9 nitrogen and oxygen atoms in total. The highest BCUT2D eigenvalue weighted by Crippen LogP contribution is 2.38. The van der Waals surface area contributed by atoms with Crippen molar-refractivity contribution in [2.24, 2.45) is 11.3 Å². The molecule has 2 aromatic rings. The molecule has 3 aliphatic heterocycles. The van der Waals surface area contributed by atoms with Gasteiger partial charge in [0.25, 0.3) is 11.8 Å². The molecule has 2 saturated heterocycles. The first-order valence-electron chi connectivity index (χ1n) is 13.9. The van der Waals surface area contributed by atoms with Crippen LogP contribution in [0, 0.1) is 11.3 Å². The van der Waals surface area contributed by atoms with Crippen LogP contribution in [0.4, 0.5) is 0 Å². The van der Waals surface area contributed by atoms with Crippen LogP contribution < -0.4 is 5.32 Å². The number of nitrogens with one attached hydrogen (secondary N) is 1. The topological polar surface area (TPSA) is 103 Å². The second-order valence-corrected chi connectivity index (χ2v) is 11.0. The highest BCUT2D eigenvalue weighted by atomic mass is 16.5. The molecule has 0 saturated carbocycles. The molecule has 5 rings (SSSR count). The lowest BCUT2D eigenvalue weighted by Crippen LogP contribution is -2.40. The molecule has 0 unspecified atom stereocenters. The molecule has 1 N–H and O–H groups in total. The fourth-order valence-corrected chi connectivity index (χ4v) is 5.87. The Morgan fingerprint density at radius 3 is 2.50 bits per heavy atom. The lowest BCUT2D eigenvalue weighted by Gasteiger charge is -2.36. The molecule has 0 bridgehead atoms. The summed E-state index contributed by atoms with van der Waals surface area (Å²) in [5.41, 5.74) is 3.62. The van der Waals surface area contributed by atoms with Gasteiger partial charge in [-0.1, -0.05) is 6.92 Å². The van der Waals surface area contributed by atoms with Crippen molar-refractivity contribution in [2.45, 2.75) is 58.9 Å². The van der Waals surface area contributed by atoms with Crippen LogP contribution in [0.15, 0.2) is 24.3 Å². The van der Waals surface area contributed by atoms with Crippen molar-refractivity contribution >= 4 is 17.8 Å². The first-order chi connectivity index (χ1) is 18.4. The number of benzene rings is 1. The van der Waals surface area contributed by atoms with Crippen LogP contribution in [0.1, 0.15) is 82.0 Å². The molecule has 1 atom stereocenters. The van der Waals surface area contributed by atoms with Crippen molar-refractivity contribution < 1.29 is 23.9 Å². The normalized spacial score (nSPS) is 19.5. The second kappa shape index (κ2) is 11.3. The highest BCUT2D eigenvalue weighted by Gasteiger charge is 2.39. The molecular weight excluding hydrogens is 484 g/mol. The minimum absolute atomic E-state index is 0.00641. The Hall–Kier alpha value is -3.20. The van der Waals surface area contributed by atoms with Crippen molar-refractivity contribution in [3.05, 3.63) is 52.3 Å². The minimum Gasteiger partial charge on any atom is -0.462 e. The zero-order valence-corrected chi connectivity index (χ0v) is 22.5. The van der Waals surface area contributed by atoms with Crippen molar-refractivity contribution in [3.8, 4) is 0 Å². The van der Waals surface area contributed by atoms with Gasteiger partial charge in [0.05, 0.1) is 17.9 Å². The molecule has 204 valence electrons. The van der Waals surface area contributed by atoms with Crippen LogP contribution in [0.3, 0.4) is 0 Å². The summed E-state index contributed by atoms with van der Waals surface area (Å²) in [4.78, 5) is 40.1. The van der Waals surface area contributed by atoms with E-state index in [2.05, 4.69) is 5.32 Å². The molecule has 2 amide bonds. The van der Waals surface area contributed by atoms with Gasteiger partial charge in [-0.25, -0.2) is 4.79 Å². The van der Waals surface area contributed by atoms with E-state index in [1.807, 2.05) is 23.4 Å². The zero-order chi connectivity index (χ0) is 26.7. The van der Waals surface area contributed by atoms with Crippen molar-refractivity contribution in [1.29, 1.82) is 0 Å². The number of likely N-dealkylation sites (tertiary alicyclic amines) is 1. The van der Waals surface area contributed by atoms with E-state index >= 15 is 0 Å². The van der Waals surface area contributed by atoms with E-state index in [4.69, 9.17) is 14.6 Å². The quantitative estimate of drug-likeness (QED) is 0.560. The van der Waals surface area contributed by atoms with Gasteiger partial charge in [-0.2, -0.15) is 5.10 Å². The smallest absolute Gasteiger partial charge is 0.338 e. The number of hydrogen-bond donors (Lipinski definition) is 1. The summed E-state index contributed by atoms with van der Waals surface area (Å²) in [5.74, 6) is -0.431. The highest BCUT2D eigenvalue weighted by molar-refractivity contribution is 5.96. The largest absolute Gasteiger partial charge is 0.462 e. The molecule has 38 heavy (non-hydrogen) atoms. The number of amides is 2. The van der Waals surface area contributed by atoms with E-state index in [0.717, 1.165) is 56.5 Å². The Kier molecular flexibility index (Phi) is 7.83. The Bertz CT molecular complexity index is 1180. The lowest BCUT2D eigenvalue weighted by molar-refractivity contribution is 0.0160. The third-order valence-electron chi connectivity index (χ3n) is 8.18. The van der Waals surface area contributed by atoms with Gasteiger partial charge in [0.1, 0.15) is 5.69 Å². The summed E-state index contributed by atoms with van der Waals surface area (Å²) in [6.07, 6.45) is 5.33. The monoisotopic (exact) mass is 522 g/mol. The zero-order valence-electron chi connectivity index (χ0n) is 22.5. The van der Waals surface area contributed by atoms with Gasteiger partial charge < -0.3 is 19.7 Å². The van der Waals surface area contributed by atoms with Crippen molar-refractivity contribution in [2.75, 3.05) is 39.5 Å². The maximum absolute atomic E-state index is 13.0. The Morgan fingerprint density at radius 2 is 1.82 bits per heavy atom. The number of nitrogens with zero attached hydrogens (tertiary/aromatic N) is 3. The number of aryl methyl sites for hydroxylation is 1. The molecule has 1 aromatic carbocycles. The Morgan fingerprint density at radius 1 is 1.13 bits per heavy atom. The van der Waals surface area contributed by atoms with E-state index in [9.17, 15) is 14.4 Å². The predicted molar refractivity (Wildman–Crippen MR) is 141 cm³/mol. The number of esters is 1. The number of fused-ring (bicyclic) bond motifs is 1. The van der Waals surface area contributed by atoms with Gasteiger partial charge in [0.15, 0.2) is 0 Å².